The van der Waals surface area contributed by atoms with Gasteiger partial charge in [0.2, 0.25) is 0 Å². The number of hydrogen-bond acceptors (Lipinski definition) is 6. The Morgan fingerprint density at radius 2 is 1.82 bits per heavy atom. The molecule has 0 aliphatic carbocycles. The molecule has 6 nitrogen and oxygen atoms in total. The van der Waals surface area contributed by atoms with Crippen LogP contribution in [0.4, 0.5) is 11.4 Å². The number of carbonyl (C=O) groups excluding carboxylic acids is 1. The third kappa shape index (κ3) is 5.03. The van der Waals surface area contributed by atoms with E-state index >= 15 is 0 Å². The van der Waals surface area contributed by atoms with Gasteiger partial charge in [0.05, 0.1) is 37.9 Å². The molecule has 3 aromatic carbocycles. The summed E-state index contributed by atoms with van der Waals surface area (Å²) in [4.78, 5) is 15.0. The minimum Gasteiger partial charge on any atom is -0.545 e. The standard InChI is InChI=1S/C25H26N2O4S.Na/c1-16-11-12-22-23(17(16)2)27(20-9-3-4-10-21(20)32(22)31)14-6-13-26-15-18-7-5-8-19(24(18)28)25(29)30;/h3-5,7-12,26,28H,6,13-15H2,1-2H3,(H,29,30);/q;+1/p-1. The molecule has 1 aliphatic heterocycles. The summed E-state index contributed by atoms with van der Waals surface area (Å²) >= 11 is 0. The van der Waals surface area contributed by atoms with Gasteiger partial charge >= 0.3 is 29.6 Å². The zero-order valence-electron chi connectivity index (χ0n) is 19.1. The summed E-state index contributed by atoms with van der Waals surface area (Å²) in [6.45, 7) is 5.87. The summed E-state index contributed by atoms with van der Waals surface area (Å²) in [6.07, 6.45) is 0.800. The molecule has 0 spiro atoms. The van der Waals surface area contributed by atoms with Crippen molar-refractivity contribution in [2.45, 2.75) is 36.6 Å². The van der Waals surface area contributed by atoms with Crippen LogP contribution in [-0.4, -0.2) is 28.4 Å². The van der Waals surface area contributed by atoms with Gasteiger partial charge in [-0.1, -0.05) is 30.3 Å². The van der Waals surface area contributed by atoms with E-state index in [1.807, 2.05) is 36.4 Å². The molecule has 1 atom stereocenters. The summed E-state index contributed by atoms with van der Waals surface area (Å²) in [7, 11) is -1.21. The second-order valence-corrected chi connectivity index (χ2v) is 9.29. The number of nitrogens with one attached hydrogen (secondary N) is 1. The van der Waals surface area contributed by atoms with Crippen LogP contribution in [0, 0.1) is 13.8 Å². The quantitative estimate of drug-likeness (QED) is 0.376. The van der Waals surface area contributed by atoms with Gasteiger partial charge < -0.3 is 25.2 Å². The smallest absolute Gasteiger partial charge is 0.545 e. The SMILES string of the molecule is Cc1ccc2c(c1C)N(CCCNCc1cccc(C(=O)[O-])c1O)c1ccccc1S2=O.[Na+]. The predicted molar refractivity (Wildman–Crippen MR) is 123 cm³/mol. The fourth-order valence-electron chi connectivity index (χ4n) is 4.05. The summed E-state index contributed by atoms with van der Waals surface area (Å²) in [6, 6.07) is 16.4. The number of carboxylic acid groups (broad SMARTS) is 1. The Morgan fingerprint density at radius 3 is 2.58 bits per heavy atom. The minimum absolute atomic E-state index is 0. The van der Waals surface area contributed by atoms with E-state index in [4.69, 9.17) is 0 Å². The monoisotopic (exact) mass is 472 g/mol. The molecule has 1 aliphatic rings. The van der Waals surface area contributed by atoms with Crippen molar-refractivity contribution in [2.24, 2.45) is 0 Å². The van der Waals surface area contributed by atoms with Crippen molar-refractivity contribution >= 4 is 28.1 Å². The molecule has 1 unspecified atom stereocenters. The van der Waals surface area contributed by atoms with Crippen molar-refractivity contribution < 1.29 is 48.8 Å². The average Bonchev–Trinajstić information content (AvgIpc) is 2.78. The van der Waals surface area contributed by atoms with Crippen molar-refractivity contribution in [1.29, 1.82) is 0 Å². The molecule has 0 bridgehead atoms. The van der Waals surface area contributed by atoms with E-state index in [-0.39, 0.29) is 40.9 Å². The third-order valence-electron chi connectivity index (χ3n) is 5.88. The maximum Gasteiger partial charge on any atom is 1.00 e. The molecule has 2 N–H and O–H groups in total. The van der Waals surface area contributed by atoms with Gasteiger partial charge in [0.25, 0.3) is 0 Å². The molecule has 0 saturated carbocycles. The first-order chi connectivity index (χ1) is 15.4. The molecule has 166 valence electrons. The Morgan fingerprint density at radius 1 is 1.06 bits per heavy atom. The van der Waals surface area contributed by atoms with Gasteiger partial charge in [0.1, 0.15) is 5.75 Å². The molecular formula is C25H25N2NaO4S. The molecule has 33 heavy (non-hydrogen) atoms. The van der Waals surface area contributed by atoms with Crippen LogP contribution >= 0.6 is 0 Å². The Balaban J connectivity index is 0.00000306. The predicted octanol–water partition coefficient (Wildman–Crippen LogP) is 0.175. The van der Waals surface area contributed by atoms with Gasteiger partial charge in [-0.2, -0.15) is 0 Å². The number of para-hydroxylation sites is 2. The topological polar surface area (TPSA) is 92.7 Å². The number of phenols is 1. The molecule has 4 rings (SSSR count). The van der Waals surface area contributed by atoms with E-state index in [1.54, 1.807) is 12.1 Å². The van der Waals surface area contributed by atoms with Gasteiger partial charge in [-0.3, -0.25) is 0 Å². The van der Waals surface area contributed by atoms with Crippen molar-refractivity contribution in [3.8, 4) is 5.75 Å². The normalized spacial score (nSPS) is 14.2. The summed E-state index contributed by atoms with van der Waals surface area (Å²) in [5.41, 5.74) is 4.58. The maximum atomic E-state index is 13.2. The van der Waals surface area contributed by atoms with Gasteiger partial charge in [-0.25, -0.2) is 4.21 Å². The van der Waals surface area contributed by atoms with Crippen molar-refractivity contribution in [3.05, 3.63) is 76.9 Å². The van der Waals surface area contributed by atoms with Crippen molar-refractivity contribution in [3.63, 3.8) is 0 Å². The Bertz CT molecular complexity index is 1220. The zero-order valence-corrected chi connectivity index (χ0v) is 21.9. The number of rotatable bonds is 7. The first-order valence-electron chi connectivity index (χ1n) is 10.5. The minimum atomic E-state index is -1.39. The molecule has 0 radical (unpaired) electrons. The fraction of sp³-hybridized carbons (Fsp3) is 0.240. The van der Waals surface area contributed by atoms with Crippen LogP contribution in [0.5, 0.6) is 5.75 Å². The molecule has 0 saturated heterocycles. The second kappa shape index (κ2) is 10.8. The van der Waals surface area contributed by atoms with Gasteiger partial charge in [0, 0.05) is 24.2 Å². The third-order valence-corrected chi connectivity index (χ3v) is 7.35. The molecule has 3 aromatic rings. The Labute approximate surface area is 218 Å². The van der Waals surface area contributed by atoms with Gasteiger partial charge in [0.15, 0.2) is 0 Å². The molecule has 0 aromatic heterocycles. The Kier molecular flexibility index (Phi) is 8.37. The number of fused-ring (bicyclic) bond motifs is 2. The first kappa shape index (κ1) is 25.5. The summed E-state index contributed by atoms with van der Waals surface area (Å²) in [5.74, 6) is -1.65. The van der Waals surface area contributed by atoms with E-state index in [1.165, 1.54) is 6.07 Å². The number of hydrogen-bond donors (Lipinski definition) is 2. The number of aryl methyl sites for hydroxylation is 1. The van der Waals surface area contributed by atoms with Crippen LogP contribution in [0.3, 0.4) is 0 Å². The number of anilines is 2. The van der Waals surface area contributed by atoms with Crippen LogP contribution in [0.1, 0.15) is 33.5 Å². The van der Waals surface area contributed by atoms with Crippen molar-refractivity contribution in [2.75, 3.05) is 18.0 Å². The largest absolute Gasteiger partial charge is 1.00 e. The molecule has 8 heteroatoms. The van der Waals surface area contributed by atoms with Crippen LogP contribution in [-0.2, 0) is 17.3 Å². The summed E-state index contributed by atoms with van der Waals surface area (Å²) < 4.78 is 13.2. The van der Waals surface area contributed by atoms with E-state index in [9.17, 15) is 19.2 Å². The number of benzene rings is 3. The number of aromatic carboxylic acids is 1. The molecule has 0 fully saturated rings. The van der Waals surface area contributed by atoms with E-state index in [0.717, 1.165) is 45.3 Å². The first-order valence-corrected chi connectivity index (χ1v) is 11.7. The van der Waals surface area contributed by atoms with E-state index < -0.39 is 16.8 Å². The average molecular weight is 473 g/mol. The van der Waals surface area contributed by atoms with Crippen molar-refractivity contribution in [1.82, 2.24) is 5.32 Å². The fourth-order valence-corrected chi connectivity index (χ4v) is 5.49. The number of carboxylic acids is 1. The molecule has 1 heterocycles. The second-order valence-electron chi connectivity index (χ2n) is 7.87. The maximum absolute atomic E-state index is 13.2. The zero-order chi connectivity index (χ0) is 22.8. The van der Waals surface area contributed by atoms with Crippen LogP contribution < -0.4 is 44.9 Å². The number of aromatic hydroxyl groups is 1. The Hall–Kier alpha value is -2.16. The molecular weight excluding hydrogens is 447 g/mol. The number of nitrogens with zero attached hydrogens (tertiary/aromatic N) is 1. The van der Waals surface area contributed by atoms with E-state index in [2.05, 4.69) is 24.1 Å². The van der Waals surface area contributed by atoms with Gasteiger partial charge in [-0.05, 0) is 62.2 Å². The number of carbonyl (C=O) groups is 1. The summed E-state index contributed by atoms with van der Waals surface area (Å²) in [5, 5.41) is 24.5. The molecule has 0 amide bonds. The van der Waals surface area contributed by atoms with Crippen LogP contribution in [0.25, 0.3) is 0 Å². The van der Waals surface area contributed by atoms with Gasteiger partial charge in [-0.15, -0.1) is 0 Å². The van der Waals surface area contributed by atoms with E-state index in [0.29, 0.717) is 18.7 Å². The van der Waals surface area contributed by atoms with Crippen LogP contribution in [0.2, 0.25) is 0 Å². The van der Waals surface area contributed by atoms with Crippen LogP contribution in [0.15, 0.2) is 64.4 Å².